The Morgan fingerprint density at radius 1 is 1.30 bits per heavy atom. The maximum Gasteiger partial charge on any atom is 0.339 e. The largest absolute Gasteiger partial charge is 0.507 e. The van der Waals surface area contributed by atoms with Gasteiger partial charge in [-0.25, -0.2) is 4.79 Å². The Morgan fingerprint density at radius 3 is 2.80 bits per heavy atom. The number of carbonyl (C=O) groups is 1. The van der Waals surface area contributed by atoms with Crippen LogP contribution in [0.4, 0.5) is 0 Å². The number of carboxylic acids is 1. The van der Waals surface area contributed by atoms with Crippen molar-refractivity contribution in [3.63, 3.8) is 0 Å². The summed E-state index contributed by atoms with van der Waals surface area (Å²) in [6.45, 7) is 0. The van der Waals surface area contributed by atoms with Gasteiger partial charge >= 0.3 is 5.97 Å². The number of hydrogen-bond donors (Lipinski definition) is 2. The van der Waals surface area contributed by atoms with Gasteiger partial charge in [-0.3, -0.25) is 4.98 Å². The molecule has 1 aromatic carbocycles. The molecule has 0 fully saturated rings. The van der Waals surface area contributed by atoms with Gasteiger partial charge < -0.3 is 10.2 Å². The van der Waals surface area contributed by atoms with E-state index in [1.807, 2.05) is 6.07 Å². The lowest BCUT2D eigenvalue weighted by atomic mass is 10.1. The Morgan fingerprint density at radius 2 is 2.10 bits per heavy atom. The summed E-state index contributed by atoms with van der Waals surface area (Å²) in [5.74, 6) is -1.48. The van der Waals surface area contributed by atoms with Gasteiger partial charge in [-0.2, -0.15) is 5.26 Å². The fourth-order valence-corrected chi connectivity index (χ4v) is 1.66. The second-order valence-corrected chi connectivity index (χ2v) is 3.99. The van der Waals surface area contributed by atoms with Crippen LogP contribution in [-0.2, 0) is 0 Å². The van der Waals surface area contributed by atoms with Crippen LogP contribution >= 0.6 is 0 Å². The number of nitrogens with zero attached hydrogens (tertiary/aromatic N) is 2. The van der Waals surface area contributed by atoms with E-state index in [4.69, 9.17) is 10.4 Å². The zero-order valence-corrected chi connectivity index (χ0v) is 10.3. The summed E-state index contributed by atoms with van der Waals surface area (Å²) in [6.07, 6.45) is 6.39. The van der Waals surface area contributed by atoms with Crippen molar-refractivity contribution in [3.05, 3.63) is 58.9 Å². The molecule has 2 rings (SSSR count). The Hall–Kier alpha value is -3.13. The zero-order chi connectivity index (χ0) is 14.5. The molecule has 5 heteroatoms. The van der Waals surface area contributed by atoms with E-state index in [0.717, 1.165) is 0 Å². The molecule has 1 heterocycles. The number of carboxylic acid groups (broad SMARTS) is 1. The molecule has 0 saturated carbocycles. The molecule has 98 valence electrons. The van der Waals surface area contributed by atoms with Gasteiger partial charge in [-0.15, -0.1) is 0 Å². The molecule has 0 aliphatic rings. The van der Waals surface area contributed by atoms with Gasteiger partial charge in [0.1, 0.15) is 17.4 Å². The smallest absolute Gasteiger partial charge is 0.339 e. The molecule has 0 radical (unpaired) electrons. The van der Waals surface area contributed by atoms with E-state index in [0.29, 0.717) is 16.7 Å². The summed E-state index contributed by atoms with van der Waals surface area (Å²) in [6, 6.07) is 7.98. The highest BCUT2D eigenvalue weighted by atomic mass is 16.4. The minimum atomic E-state index is -1.20. The Bertz CT molecular complexity index is 730. The molecule has 0 aliphatic heterocycles. The van der Waals surface area contributed by atoms with Crippen LogP contribution in [0.25, 0.3) is 12.2 Å². The molecule has 0 aliphatic carbocycles. The number of benzene rings is 1. The quantitative estimate of drug-likeness (QED) is 0.890. The van der Waals surface area contributed by atoms with E-state index < -0.39 is 5.97 Å². The number of hydrogen-bond acceptors (Lipinski definition) is 4. The van der Waals surface area contributed by atoms with E-state index in [1.54, 1.807) is 30.5 Å². The first kappa shape index (κ1) is 13.3. The third-order valence-corrected chi connectivity index (χ3v) is 2.68. The molecule has 5 nitrogen and oxygen atoms in total. The van der Waals surface area contributed by atoms with Gasteiger partial charge in [0.15, 0.2) is 0 Å². The molecule has 0 unspecified atom stereocenters. The van der Waals surface area contributed by atoms with Crippen LogP contribution in [-0.4, -0.2) is 21.2 Å². The fourth-order valence-electron chi connectivity index (χ4n) is 1.66. The number of rotatable bonds is 3. The van der Waals surface area contributed by atoms with Crippen molar-refractivity contribution in [3.8, 4) is 11.8 Å². The van der Waals surface area contributed by atoms with Gasteiger partial charge in [0.25, 0.3) is 0 Å². The lowest BCUT2D eigenvalue weighted by Crippen LogP contribution is -1.96. The topological polar surface area (TPSA) is 94.2 Å². The Balaban J connectivity index is 2.35. The molecular weight excluding hydrogens is 256 g/mol. The van der Waals surface area contributed by atoms with E-state index in [9.17, 15) is 9.90 Å². The summed E-state index contributed by atoms with van der Waals surface area (Å²) in [5, 5.41) is 27.3. The maximum absolute atomic E-state index is 10.9. The van der Waals surface area contributed by atoms with Crippen molar-refractivity contribution in [2.24, 2.45) is 0 Å². The molecule has 0 spiro atoms. The summed E-state index contributed by atoms with van der Waals surface area (Å²) in [7, 11) is 0. The minimum absolute atomic E-state index is 0.164. The van der Waals surface area contributed by atoms with Crippen molar-refractivity contribution in [2.45, 2.75) is 0 Å². The normalized spacial score (nSPS) is 10.3. The maximum atomic E-state index is 10.9. The van der Waals surface area contributed by atoms with Gasteiger partial charge in [-0.1, -0.05) is 18.2 Å². The summed E-state index contributed by atoms with van der Waals surface area (Å²) in [5.41, 5.74) is 1.57. The van der Waals surface area contributed by atoms with Crippen LogP contribution in [0, 0.1) is 11.3 Å². The second-order valence-electron chi connectivity index (χ2n) is 3.99. The molecule has 2 N–H and O–H groups in total. The molecule has 0 atom stereocenters. The third kappa shape index (κ3) is 2.82. The number of aromatic hydroxyl groups is 1. The second kappa shape index (κ2) is 5.67. The highest BCUT2D eigenvalue weighted by molar-refractivity contribution is 5.91. The molecule has 20 heavy (non-hydrogen) atoms. The molecule has 0 saturated heterocycles. The lowest BCUT2D eigenvalue weighted by molar-refractivity contribution is 0.0693. The van der Waals surface area contributed by atoms with E-state index in [1.165, 1.54) is 18.3 Å². The predicted octanol–water partition coefficient (Wildman–Crippen LogP) is 2.53. The van der Waals surface area contributed by atoms with E-state index in [2.05, 4.69) is 4.98 Å². The van der Waals surface area contributed by atoms with Crippen LogP contribution in [0.5, 0.6) is 5.75 Å². The van der Waals surface area contributed by atoms with Crippen molar-refractivity contribution >= 4 is 18.1 Å². The lowest BCUT2D eigenvalue weighted by Gasteiger charge is -2.01. The van der Waals surface area contributed by atoms with E-state index >= 15 is 0 Å². The number of nitriles is 1. The van der Waals surface area contributed by atoms with Crippen LogP contribution in [0.2, 0.25) is 0 Å². The van der Waals surface area contributed by atoms with Crippen LogP contribution in [0.15, 0.2) is 36.7 Å². The first-order valence-electron chi connectivity index (χ1n) is 5.70. The monoisotopic (exact) mass is 266 g/mol. The van der Waals surface area contributed by atoms with Crippen molar-refractivity contribution in [2.75, 3.05) is 0 Å². The average Bonchev–Trinajstić information content (AvgIpc) is 2.46. The first-order chi connectivity index (χ1) is 9.61. The Kier molecular flexibility index (Phi) is 3.77. The average molecular weight is 266 g/mol. The van der Waals surface area contributed by atoms with Crippen molar-refractivity contribution < 1.29 is 15.0 Å². The minimum Gasteiger partial charge on any atom is -0.507 e. The van der Waals surface area contributed by atoms with E-state index in [-0.39, 0.29) is 11.3 Å². The van der Waals surface area contributed by atoms with Gasteiger partial charge in [-0.05, 0) is 29.3 Å². The summed E-state index contributed by atoms with van der Waals surface area (Å²) in [4.78, 5) is 14.8. The highest BCUT2D eigenvalue weighted by Gasteiger charge is 2.09. The van der Waals surface area contributed by atoms with Crippen LogP contribution in [0.3, 0.4) is 0 Å². The predicted molar refractivity (Wildman–Crippen MR) is 72.9 cm³/mol. The molecule has 0 bridgehead atoms. The van der Waals surface area contributed by atoms with Gasteiger partial charge in [0, 0.05) is 12.4 Å². The summed E-state index contributed by atoms with van der Waals surface area (Å²) >= 11 is 0. The SMILES string of the molecule is N#Cc1cnccc1/C=C/c1ccc(O)c(C(=O)O)c1. The van der Waals surface area contributed by atoms with Crippen molar-refractivity contribution in [1.82, 2.24) is 4.98 Å². The number of phenols is 1. The van der Waals surface area contributed by atoms with Crippen LogP contribution < -0.4 is 0 Å². The summed E-state index contributed by atoms with van der Waals surface area (Å²) < 4.78 is 0. The number of aromatic nitrogens is 1. The molecular formula is C15H10N2O3. The molecule has 0 amide bonds. The third-order valence-electron chi connectivity index (χ3n) is 2.68. The highest BCUT2D eigenvalue weighted by Crippen LogP contribution is 2.20. The molecule has 1 aromatic heterocycles. The van der Waals surface area contributed by atoms with Gasteiger partial charge in [0.2, 0.25) is 0 Å². The van der Waals surface area contributed by atoms with Gasteiger partial charge in [0.05, 0.1) is 5.56 Å². The van der Waals surface area contributed by atoms with Crippen LogP contribution in [0.1, 0.15) is 27.0 Å². The van der Waals surface area contributed by atoms with Crippen molar-refractivity contribution in [1.29, 1.82) is 5.26 Å². The Labute approximate surface area is 115 Å². The number of pyridine rings is 1. The standard InChI is InChI=1S/C15H10N2O3/c16-8-12-9-17-6-5-11(12)3-1-10-2-4-14(18)13(7-10)15(19)20/h1-7,9,18H,(H,19,20)/b3-1+. The first-order valence-corrected chi connectivity index (χ1v) is 5.70. The number of aromatic carboxylic acids is 1. The fraction of sp³-hybridized carbons (Fsp3) is 0. The zero-order valence-electron chi connectivity index (χ0n) is 10.3. The molecule has 2 aromatic rings.